The Labute approximate surface area is 85.4 Å². The first kappa shape index (κ1) is 12.8. The molecule has 80 valence electrons. The number of rotatable bonds is 5. The van der Waals surface area contributed by atoms with E-state index in [0.29, 0.717) is 6.61 Å². The maximum absolute atomic E-state index is 10.8. The summed E-state index contributed by atoms with van der Waals surface area (Å²) >= 11 is 0. The third kappa shape index (κ3) is 7.40. The van der Waals surface area contributed by atoms with Crippen molar-refractivity contribution in [3.63, 3.8) is 0 Å². The monoisotopic (exact) mass is 198 g/mol. The molecule has 1 atom stereocenters. The van der Waals surface area contributed by atoms with Crippen molar-refractivity contribution in [2.75, 3.05) is 6.61 Å². The Morgan fingerprint density at radius 1 is 1.36 bits per heavy atom. The van der Waals surface area contributed by atoms with Crippen molar-refractivity contribution < 1.29 is 14.3 Å². The highest BCUT2D eigenvalue weighted by molar-refractivity contribution is 5.60. The third-order valence-corrected chi connectivity index (χ3v) is 1.41. The fraction of sp³-hybridized carbons (Fsp3) is 0.545. The number of hydrogen-bond donors (Lipinski definition) is 0. The van der Waals surface area contributed by atoms with Crippen LogP contribution in [0.25, 0.3) is 0 Å². The molecule has 0 spiro atoms. The molecule has 0 fully saturated rings. The fourth-order valence-electron chi connectivity index (χ4n) is 0.778. The predicted molar refractivity (Wildman–Crippen MR) is 56.1 cm³/mol. The van der Waals surface area contributed by atoms with Gasteiger partial charge in [0.1, 0.15) is 6.10 Å². The zero-order chi connectivity index (χ0) is 10.8. The van der Waals surface area contributed by atoms with Gasteiger partial charge in [0.15, 0.2) is 0 Å². The summed E-state index contributed by atoms with van der Waals surface area (Å²) in [7, 11) is 0. The lowest BCUT2D eigenvalue weighted by Gasteiger charge is -2.07. The van der Waals surface area contributed by atoms with Crippen LogP contribution >= 0.6 is 0 Å². The zero-order valence-electron chi connectivity index (χ0n) is 9.03. The highest BCUT2D eigenvalue weighted by Gasteiger charge is 2.05. The lowest BCUT2D eigenvalue weighted by Crippen LogP contribution is -2.13. The molecule has 0 rings (SSSR count). The minimum Gasteiger partial charge on any atom is -0.435 e. The maximum atomic E-state index is 10.8. The van der Waals surface area contributed by atoms with Crippen LogP contribution in [0, 0.1) is 0 Å². The Kier molecular flexibility index (Phi) is 7.61. The van der Waals surface area contributed by atoms with Gasteiger partial charge in [-0.1, -0.05) is 25.2 Å². The van der Waals surface area contributed by atoms with Gasteiger partial charge in [-0.3, -0.25) is 0 Å². The SMILES string of the molecule is CC/C=C/C=C/C(C)OC(=O)OCC. The molecule has 0 aromatic heterocycles. The van der Waals surface area contributed by atoms with Gasteiger partial charge in [0.05, 0.1) is 6.61 Å². The Hall–Kier alpha value is -1.25. The molecule has 0 N–H and O–H groups in total. The summed E-state index contributed by atoms with van der Waals surface area (Å²) in [6.07, 6.45) is 7.71. The van der Waals surface area contributed by atoms with Gasteiger partial charge >= 0.3 is 6.16 Å². The van der Waals surface area contributed by atoms with Crippen molar-refractivity contribution >= 4 is 6.16 Å². The van der Waals surface area contributed by atoms with Crippen LogP contribution in [0.4, 0.5) is 4.79 Å². The average molecular weight is 198 g/mol. The van der Waals surface area contributed by atoms with E-state index in [0.717, 1.165) is 6.42 Å². The van der Waals surface area contributed by atoms with Crippen LogP contribution in [0.15, 0.2) is 24.3 Å². The molecule has 0 aliphatic carbocycles. The van der Waals surface area contributed by atoms with Gasteiger partial charge in [-0.25, -0.2) is 4.79 Å². The highest BCUT2D eigenvalue weighted by atomic mass is 16.7. The average Bonchev–Trinajstić information content (AvgIpc) is 2.13. The molecule has 0 heterocycles. The quantitative estimate of drug-likeness (QED) is 0.503. The van der Waals surface area contributed by atoms with Crippen LogP contribution in [0.5, 0.6) is 0 Å². The van der Waals surface area contributed by atoms with Crippen LogP contribution < -0.4 is 0 Å². The predicted octanol–water partition coefficient (Wildman–Crippen LogP) is 3.07. The topological polar surface area (TPSA) is 35.5 Å². The number of hydrogen-bond acceptors (Lipinski definition) is 3. The summed E-state index contributed by atoms with van der Waals surface area (Å²) < 4.78 is 9.52. The molecule has 1 unspecified atom stereocenters. The lowest BCUT2D eigenvalue weighted by atomic mass is 10.3. The molecular weight excluding hydrogens is 180 g/mol. The van der Waals surface area contributed by atoms with E-state index in [4.69, 9.17) is 4.74 Å². The van der Waals surface area contributed by atoms with Gasteiger partial charge in [-0.15, -0.1) is 0 Å². The summed E-state index contributed by atoms with van der Waals surface area (Å²) in [5.74, 6) is 0. The molecule has 0 bridgehead atoms. The molecule has 0 amide bonds. The van der Waals surface area contributed by atoms with Crippen molar-refractivity contribution in [2.45, 2.75) is 33.3 Å². The second kappa shape index (κ2) is 8.35. The largest absolute Gasteiger partial charge is 0.508 e. The molecule has 3 nitrogen and oxygen atoms in total. The molecular formula is C11H18O3. The second-order valence-electron chi connectivity index (χ2n) is 2.73. The first-order valence-corrected chi connectivity index (χ1v) is 4.87. The molecule has 0 saturated heterocycles. The molecule has 0 saturated carbocycles. The number of allylic oxidation sites excluding steroid dienone is 3. The molecule has 14 heavy (non-hydrogen) atoms. The van der Waals surface area contributed by atoms with Crippen molar-refractivity contribution in [3.05, 3.63) is 24.3 Å². The summed E-state index contributed by atoms with van der Waals surface area (Å²) in [6, 6.07) is 0. The van der Waals surface area contributed by atoms with E-state index in [1.54, 1.807) is 19.9 Å². The fourth-order valence-corrected chi connectivity index (χ4v) is 0.778. The van der Waals surface area contributed by atoms with Gasteiger partial charge in [0.2, 0.25) is 0 Å². The van der Waals surface area contributed by atoms with Crippen LogP contribution in [0.3, 0.4) is 0 Å². The Bertz CT molecular complexity index is 207. The number of ether oxygens (including phenoxy) is 2. The van der Waals surface area contributed by atoms with Crippen LogP contribution in [0.2, 0.25) is 0 Å². The minimum atomic E-state index is -0.621. The van der Waals surface area contributed by atoms with Gasteiger partial charge in [-0.05, 0) is 26.3 Å². The molecule has 3 heteroatoms. The summed E-state index contributed by atoms with van der Waals surface area (Å²) in [5.41, 5.74) is 0. The maximum Gasteiger partial charge on any atom is 0.508 e. The first-order valence-electron chi connectivity index (χ1n) is 4.87. The zero-order valence-corrected chi connectivity index (χ0v) is 9.03. The minimum absolute atomic E-state index is 0.254. The van der Waals surface area contributed by atoms with E-state index in [-0.39, 0.29) is 6.10 Å². The van der Waals surface area contributed by atoms with E-state index < -0.39 is 6.16 Å². The Morgan fingerprint density at radius 2 is 2.07 bits per heavy atom. The molecule has 0 aliphatic heterocycles. The van der Waals surface area contributed by atoms with Gasteiger partial charge in [0.25, 0.3) is 0 Å². The van der Waals surface area contributed by atoms with Gasteiger partial charge < -0.3 is 9.47 Å². The Balaban J connectivity index is 3.73. The smallest absolute Gasteiger partial charge is 0.435 e. The van der Waals surface area contributed by atoms with Gasteiger partial charge in [-0.2, -0.15) is 0 Å². The van der Waals surface area contributed by atoms with Crippen LogP contribution in [-0.4, -0.2) is 18.9 Å². The summed E-state index contributed by atoms with van der Waals surface area (Å²) in [6.45, 7) is 5.92. The van der Waals surface area contributed by atoms with E-state index in [1.165, 1.54) is 0 Å². The van der Waals surface area contributed by atoms with Crippen molar-refractivity contribution in [1.82, 2.24) is 0 Å². The van der Waals surface area contributed by atoms with Crippen LogP contribution in [0.1, 0.15) is 27.2 Å². The first-order chi connectivity index (χ1) is 6.70. The van der Waals surface area contributed by atoms with Crippen molar-refractivity contribution in [1.29, 1.82) is 0 Å². The summed E-state index contributed by atoms with van der Waals surface area (Å²) in [4.78, 5) is 10.8. The second-order valence-corrected chi connectivity index (χ2v) is 2.73. The number of carbonyl (C=O) groups is 1. The standard InChI is InChI=1S/C11H18O3/c1-4-6-7-8-9-10(3)14-11(12)13-5-2/h6-10H,4-5H2,1-3H3/b7-6+,9-8+. The van der Waals surface area contributed by atoms with Crippen molar-refractivity contribution in [3.8, 4) is 0 Å². The molecule has 0 aromatic rings. The summed E-state index contributed by atoms with van der Waals surface area (Å²) in [5, 5.41) is 0. The molecule has 0 radical (unpaired) electrons. The highest BCUT2D eigenvalue weighted by Crippen LogP contribution is 1.96. The molecule has 0 aliphatic rings. The Morgan fingerprint density at radius 3 is 2.64 bits per heavy atom. The third-order valence-electron chi connectivity index (χ3n) is 1.41. The van der Waals surface area contributed by atoms with E-state index >= 15 is 0 Å². The van der Waals surface area contributed by atoms with Gasteiger partial charge in [0, 0.05) is 0 Å². The van der Waals surface area contributed by atoms with Crippen LogP contribution in [-0.2, 0) is 9.47 Å². The van der Waals surface area contributed by atoms with Crippen molar-refractivity contribution in [2.24, 2.45) is 0 Å². The van der Waals surface area contributed by atoms with E-state index in [9.17, 15) is 4.79 Å². The normalized spacial score (nSPS) is 13.4. The number of carbonyl (C=O) groups excluding carboxylic acids is 1. The lowest BCUT2D eigenvalue weighted by molar-refractivity contribution is 0.0454. The molecule has 0 aromatic carbocycles. The van der Waals surface area contributed by atoms with E-state index in [2.05, 4.69) is 11.7 Å². The van der Waals surface area contributed by atoms with E-state index in [1.807, 2.05) is 18.2 Å².